The van der Waals surface area contributed by atoms with Crippen molar-refractivity contribution in [2.45, 2.75) is 13.0 Å². The Morgan fingerprint density at radius 3 is 2.75 bits per heavy atom. The number of nitrogens with two attached hydrogens (primary N) is 1. The molecule has 4 heteroatoms. The first kappa shape index (κ1) is 10.8. The lowest BCUT2D eigenvalue weighted by Crippen LogP contribution is -2.14. The number of aromatic nitrogens is 2. The number of nitrogens with zero attached hydrogens (tertiary/aromatic N) is 2. The van der Waals surface area contributed by atoms with Crippen molar-refractivity contribution >= 4 is 0 Å². The molecule has 0 aliphatic heterocycles. The molecule has 1 aromatic heterocycles. The van der Waals surface area contributed by atoms with E-state index in [4.69, 9.17) is 5.73 Å². The van der Waals surface area contributed by atoms with Crippen molar-refractivity contribution < 1.29 is 4.39 Å². The second-order valence-corrected chi connectivity index (χ2v) is 3.89. The van der Waals surface area contributed by atoms with Gasteiger partial charge in [-0.25, -0.2) is 4.39 Å². The smallest absolute Gasteiger partial charge is 0.123 e. The molecule has 1 unspecified atom stereocenters. The summed E-state index contributed by atoms with van der Waals surface area (Å²) in [5.74, 6) is -0.271. The second kappa shape index (κ2) is 4.06. The van der Waals surface area contributed by atoms with Gasteiger partial charge in [0.15, 0.2) is 0 Å². The molecule has 0 aliphatic rings. The highest BCUT2D eigenvalue weighted by atomic mass is 19.1. The van der Waals surface area contributed by atoms with Gasteiger partial charge in [-0.1, -0.05) is 6.07 Å². The molecule has 0 radical (unpaired) electrons. The maximum atomic E-state index is 13.1. The van der Waals surface area contributed by atoms with Crippen molar-refractivity contribution in [1.29, 1.82) is 0 Å². The molecule has 1 aromatic carbocycles. The summed E-state index contributed by atoms with van der Waals surface area (Å²) in [6, 6.07) is 6.10. The number of halogens is 1. The van der Waals surface area contributed by atoms with Crippen LogP contribution in [0.15, 0.2) is 30.5 Å². The summed E-state index contributed by atoms with van der Waals surface area (Å²) in [6.45, 7) is 1.91. The SMILES string of the molecule is Cc1ccc(F)cc1C(N)c1ccn(C)n1. The fraction of sp³-hybridized carbons (Fsp3) is 0.250. The Bertz CT molecular complexity index is 505. The summed E-state index contributed by atoms with van der Waals surface area (Å²) < 4.78 is 14.8. The van der Waals surface area contributed by atoms with Gasteiger partial charge in [0.1, 0.15) is 5.82 Å². The summed E-state index contributed by atoms with van der Waals surface area (Å²) in [6.07, 6.45) is 1.82. The fourth-order valence-electron chi connectivity index (χ4n) is 1.70. The molecule has 0 spiro atoms. The minimum Gasteiger partial charge on any atom is -0.319 e. The highest BCUT2D eigenvalue weighted by Gasteiger charge is 2.14. The molecule has 0 saturated heterocycles. The minimum atomic E-state index is -0.378. The molecule has 2 N–H and O–H groups in total. The summed E-state index contributed by atoms with van der Waals surface area (Å²) in [5, 5.41) is 4.23. The topological polar surface area (TPSA) is 43.8 Å². The van der Waals surface area contributed by atoms with Crippen LogP contribution in [0.25, 0.3) is 0 Å². The lowest BCUT2D eigenvalue weighted by Gasteiger charge is -2.12. The molecule has 1 atom stereocenters. The van der Waals surface area contributed by atoms with Crippen molar-refractivity contribution in [3.05, 3.63) is 53.1 Å². The van der Waals surface area contributed by atoms with E-state index in [0.29, 0.717) is 0 Å². The van der Waals surface area contributed by atoms with Crippen LogP contribution in [0, 0.1) is 12.7 Å². The van der Waals surface area contributed by atoms with E-state index in [0.717, 1.165) is 16.8 Å². The van der Waals surface area contributed by atoms with Gasteiger partial charge in [-0.15, -0.1) is 0 Å². The first-order valence-electron chi connectivity index (χ1n) is 5.09. The van der Waals surface area contributed by atoms with Crippen LogP contribution in [-0.2, 0) is 7.05 Å². The molecule has 0 aliphatic carbocycles. The van der Waals surface area contributed by atoms with E-state index in [1.807, 2.05) is 26.2 Å². The van der Waals surface area contributed by atoms with Gasteiger partial charge in [0, 0.05) is 13.2 Å². The Kier molecular flexibility index (Phi) is 2.75. The lowest BCUT2D eigenvalue weighted by atomic mass is 9.99. The standard InChI is InChI=1S/C12H14FN3/c1-8-3-4-9(13)7-10(8)12(14)11-5-6-16(2)15-11/h3-7,12H,14H2,1-2H3. The van der Waals surface area contributed by atoms with Crippen molar-refractivity contribution in [3.63, 3.8) is 0 Å². The second-order valence-electron chi connectivity index (χ2n) is 3.89. The Morgan fingerprint density at radius 1 is 1.38 bits per heavy atom. The van der Waals surface area contributed by atoms with Crippen molar-refractivity contribution in [2.24, 2.45) is 12.8 Å². The zero-order valence-electron chi connectivity index (χ0n) is 9.31. The Morgan fingerprint density at radius 2 is 2.12 bits per heavy atom. The van der Waals surface area contributed by atoms with Crippen LogP contribution in [0.1, 0.15) is 22.9 Å². The summed E-state index contributed by atoms with van der Waals surface area (Å²) in [7, 11) is 1.83. The van der Waals surface area contributed by atoms with E-state index < -0.39 is 0 Å². The zero-order valence-corrected chi connectivity index (χ0v) is 9.31. The average Bonchev–Trinajstić information content (AvgIpc) is 2.67. The molecule has 2 rings (SSSR count). The minimum absolute atomic E-state index is 0.271. The van der Waals surface area contributed by atoms with Gasteiger partial charge < -0.3 is 5.73 Å². The van der Waals surface area contributed by atoms with E-state index in [9.17, 15) is 4.39 Å². The number of benzene rings is 1. The molecule has 2 aromatic rings. The van der Waals surface area contributed by atoms with Crippen molar-refractivity contribution in [3.8, 4) is 0 Å². The zero-order chi connectivity index (χ0) is 11.7. The average molecular weight is 219 g/mol. The highest BCUT2D eigenvalue weighted by Crippen LogP contribution is 2.22. The number of aryl methyl sites for hydroxylation is 2. The Balaban J connectivity index is 2.40. The molecule has 0 bridgehead atoms. The summed E-state index contributed by atoms with van der Waals surface area (Å²) in [5.41, 5.74) is 8.55. The van der Waals surface area contributed by atoms with Gasteiger partial charge in [0.25, 0.3) is 0 Å². The lowest BCUT2D eigenvalue weighted by molar-refractivity contribution is 0.621. The first-order valence-corrected chi connectivity index (χ1v) is 5.09. The molecule has 0 saturated carbocycles. The Hall–Kier alpha value is -1.68. The van der Waals surface area contributed by atoms with Crippen molar-refractivity contribution in [2.75, 3.05) is 0 Å². The number of hydrogen-bond donors (Lipinski definition) is 1. The first-order chi connectivity index (χ1) is 7.58. The van der Waals surface area contributed by atoms with E-state index in [1.165, 1.54) is 12.1 Å². The highest BCUT2D eigenvalue weighted by molar-refractivity contribution is 5.34. The van der Waals surface area contributed by atoms with Gasteiger partial charge in [-0.05, 0) is 36.2 Å². The molecule has 0 fully saturated rings. The van der Waals surface area contributed by atoms with Crippen LogP contribution in [0.5, 0.6) is 0 Å². The van der Waals surface area contributed by atoms with Gasteiger partial charge >= 0.3 is 0 Å². The third kappa shape index (κ3) is 1.97. The number of rotatable bonds is 2. The number of hydrogen-bond acceptors (Lipinski definition) is 2. The van der Waals surface area contributed by atoms with E-state index in [1.54, 1.807) is 10.7 Å². The third-order valence-corrected chi connectivity index (χ3v) is 2.63. The summed E-state index contributed by atoms with van der Waals surface area (Å²) in [4.78, 5) is 0. The molecule has 3 nitrogen and oxygen atoms in total. The quantitative estimate of drug-likeness (QED) is 0.838. The molecule has 0 amide bonds. The molecule has 1 heterocycles. The van der Waals surface area contributed by atoms with Gasteiger partial charge in [-0.3, -0.25) is 4.68 Å². The van der Waals surface area contributed by atoms with Crippen LogP contribution in [0.4, 0.5) is 4.39 Å². The normalized spacial score (nSPS) is 12.8. The van der Waals surface area contributed by atoms with Crippen LogP contribution >= 0.6 is 0 Å². The predicted octanol–water partition coefficient (Wildman–Crippen LogP) is 1.92. The maximum absolute atomic E-state index is 13.1. The van der Waals surface area contributed by atoms with Crippen LogP contribution in [0.3, 0.4) is 0 Å². The van der Waals surface area contributed by atoms with Gasteiger partial charge in [0.05, 0.1) is 11.7 Å². The largest absolute Gasteiger partial charge is 0.319 e. The Labute approximate surface area is 93.7 Å². The molecular weight excluding hydrogens is 205 g/mol. The molecule has 84 valence electrons. The molecule has 16 heavy (non-hydrogen) atoms. The van der Waals surface area contributed by atoms with Gasteiger partial charge in [-0.2, -0.15) is 5.10 Å². The van der Waals surface area contributed by atoms with E-state index in [-0.39, 0.29) is 11.9 Å². The predicted molar refractivity (Wildman–Crippen MR) is 60.4 cm³/mol. The van der Waals surface area contributed by atoms with Crippen LogP contribution < -0.4 is 5.73 Å². The van der Waals surface area contributed by atoms with E-state index in [2.05, 4.69) is 5.10 Å². The van der Waals surface area contributed by atoms with Gasteiger partial charge in [0.2, 0.25) is 0 Å². The summed E-state index contributed by atoms with van der Waals surface area (Å²) >= 11 is 0. The van der Waals surface area contributed by atoms with E-state index >= 15 is 0 Å². The van der Waals surface area contributed by atoms with Crippen molar-refractivity contribution in [1.82, 2.24) is 9.78 Å². The van der Waals surface area contributed by atoms with Crippen LogP contribution in [-0.4, -0.2) is 9.78 Å². The fourth-order valence-corrected chi connectivity index (χ4v) is 1.70. The van der Waals surface area contributed by atoms with Crippen LogP contribution in [0.2, 0.25) is 0 Å². The third-order valence-electron chi connectivity index (χ3n) is 2.63. The molecular formula is C12H14FN3. The maximum Gasteiger partial charge on any atom is 0.123 e. The monoisotopic (exact) mass is 219 g/mol.